The van der Waals surface area contributed by atoms with Gasteiger partial charge in [0.05, 0.1) is 27.9 Å². The number of ether oxygens (including phenoxy) is 3. The maximum Gasteiger partial charge on any atom is 0.191 e. The number of methoxy groups -OCH3 is 3. The Hall–Kier alpha value is -3.02. The summed E-state index contributed by atoms with van der Waals surface area (Å²) < 4.78 is 15.8. The van der Waals surface area contributed by atoms with Gasteiger partial charge in [0.2, 0.25) is 0 Å². The molecule has 3 N–H and O–H groups in total. The second-order valence-corrected chi connectivity index (χ2v) is 6.63. The van der Waals surface area contributed by atoms with Gasteiger partial charge in [-0.2, -0.15) is 5.10 Å². The zero-order chi connectivity index (χ0) is 22.1. The molecule has 0 fully saturated rings. The highest BCUT2D eigenvalue weighted by atomic mass is 127. The minimum atomic E-state index is 0. The van der Waals surface area contributed by atoms with Crippen molar-refractivity contribution < 1.29 is 14.2 Å². The molecule has 0 unspecified atom stereocenters. The quantitative estimate of drug-likeness (QED) is 0.213. The molecule has 0 aliphatic rings. The van der Waals surface area contributed by atoms with Crippen molar-refractivity contribution in [3.05, 3.63) is 53.9 Å². The van der Waals surface area contributed by atoms with E-state index in [1.807, 2.05) is 42.5 Å². The van der Waals surface area contributed by atoms with Crippen LogP contribution < -0.4 is 24.8 Å². The van der Waals surface area contributed by atoms with Crippen LogP contribution in [0.4, 0.5) is 0 Å². The monoisotopic (exact) mass is 552 g/mol. The highest BCUT2D eigenvalue weighted by Gasteiger charge is 2.08. The van der Waals surface area contributed by atoms with E-state index < -0.39 is 0 Å². The van der Waals surface area contributed by atoms with Gasteiger partial charge in [-0.05, 0) is 48.4 Å². The van der Waals surface area contributed by atoms with Gasteiger partial charge < -0.3 is 24.8 Å². The first-order chi connectivity index (χ1) is 15.2. The summed E-state index contributed by atoms with van der Waals surface area (Å²) in [6, 6.07) is 13.5. The molecule has 3 rings (SSSR count). The van der Waals surface area contributed by atoms with Crippen LogP contribution in [0.1, 0.15) is 11.4 Å². The Kier molecular flexibility index (Phi) is 10.1. The number of H-pyrrole nitrogens is 1. The minimum Gasteiger partial charge on any atom is -0.497 e. The zero-order valence-corrected chi connectivity index (χ0v) is 21.0. The Morgan fingerprint density at radius 2 is 1.72 bits per heavy atom. The van der Waals surface area contributed by atoms with Crippen molar-refractivity contribution in [1.82, 2.24) is 25.8 Å². The lowest BCUT2D eigenvalue weighted by molar-refractivity contribution is 0.354. The smallest absolute Gasteiger partial charge is 0.191 e. The largest absolute Gasteiger partial charge is 0.497 e. The molecule has 172 valence electrons. The fourth-order valence-corrected chi connectivity index (χ4v) is 2.99. The summed E-state index contributed by atoms with van der Waals surface area (Å²) in [5, 5.41) is 13.8. The van der Waals surface area contributed by atoms with E-state index >= 15 is 0 Å². The van der Waals surface area contributed by atoms with Crippen molar-refractivity contribution in [2.45, 2.75) is 13.0 Å². The number of hydrogen-bond donors (Lipinski definition) is 3. The van der Waals surface area contributed by atoms with Crippen LogP contribution in [0.5, 0.6) is 17.2 Å². The molecule has 2 aromatic carbocycles. The Balaban J connectivity index is 0.00000363. The Labute approximate surface area is 205 Å². The van der Waals surface area contributed by atoms with E-state index in [-0.39, 0.29) is 24.0 Å². The van der Waals surface area contributed by atoms with E-state index in [0.29, 0.717) is 30.7 Å². The molecule has 0 bridgehead atoms. The van der Waals surface area contributed by atoms with Crippen molar-refractivity contribution >= 4 is 29.9 Å². The summed E-state index contributed by atoms with van der Waals surface area (Å²) in [7, 11) is 6.63. The van der Waals surface area contributed by atoms with Crippen molar-refractivity contribution in [3.8, 4) is 28.6 Å². The van der Waals surface area contributed by atoms with Crippen LogP contribution in [-0.4, -0.2) is 56.1 Å². The predicted octanol–water partition coefficient (Wildman–Crippen LogP) is 3.02. The fraction of sp³-hybridized carbons (Fsp3) is 0.318. The Morgan fingerprint density at radius 1 is 0.969 bits per heavy atom. The first-order valence-electron chi connectivity index (χ1n) is 9.88. The summed E-state index contributed by atoms with van der Waals surface area (Å²) >= 11 is 0. The van der Waals surface area contributed by atoms with Gasteiger partial charge in [0, 0.05) is 19.2 Å². The summed E-state index contributed by atoms with van der Waals surface area (Å²) in [6.07, 6.45) is 0.810. The van der Waals surface area contributed by atoms with Crippen molar-refractivity contribution in [1.29, 1.82) is 0 Å². The normalized spacial score (nSPS) is 10.8. The summed E-state index contributed by atoms with van der Waals surface area (Å²) in [4.78, 5) is 8.78. The van der Waals surface area contributed by atoms with E-state index in [1.165, 1.54) is 0 Å². The van der Waals surface area contributed by atoms with Crippen LogP contribution in [0.2, 0.25) is 0 Å². The molecule has 9 nitrogen and oxygen atoms in total. The van der Waals surface area contributed by atoms with Crippen molar-refractivity contribution in [2.24, 2.45) is 4.99 Å². The molecular weight excluding hydrogens is 523 g/mol. The topological polar surface area (TPSA) is 106 Å². The minimum absolute atomic E-state index is 0. The third-order valence-electron chi connectivity index (χ3n) is 4.68. The molecule has 0 spiro atoms. The van der Waals surface area contributed by atoms with Gasteiger partial charge in [0.1, 0.15) is 11.6 Å². The summed E-state index contributed by atoms with van der Waals surface area (Å²) in [5.41, 5.74) is 2.06. The molecule has 0 amide bonds. The van der Waals surface area contributed by atoms with E-state index in [9.17, 15) is 0 Å². The molecule has 0 atom stereocenters. The molecule has 0 saturated carbocycles. The number of rotatable bonds is 9. The van der Waals surface area contributed by atoms with Gasteiger partial charge in [-0.3, -0.25) is 10.1 Å². The predicted molar refractivity (Wildman–Crippen MR) is 135 cm³/mol. The molecule has 0 saturated heterocycles. The van der Waals surface area contributed by atoms with Gasteiger partial charge >= 0.3 is 0 Å². The molecule has 0 aliphatic carbocycles. The number of aliphatic imine (C=N–C) groups is 1. The molecule has 1 heterocycles. The highest BCUT2D eigenvalue weighted by molar-refractivity contribution is 14.0. The summed E-state index contributed by atoms with van der Waals surface area (Å²) in [5.74, 6) is 4.27. The Morgan fingerprint density at radius 3 is 2.38 bits per heavy atom. The van der Waals surface area contributed by atoms with Crippen LogP contribution in [0.25, 0.3) is 11.4 Å². The lowest BCUT2D eigenvalue weighted by Gasteiger charge is -2.12. The van der Waals surface area contributed by atoms with Crippen LogP contribution in [0.15, 0.2) is 47.5 Å². The second-order valence-electron chi connectivity index (χ2n) is 6.63. The number of aromatic nitrogens is 3. The number of guanidine groups is 1. The number of nitrogens with zero attached hydrogens (tertiary/aromatic N) is 3. The van der Waals surface area contributed by atoms with Crippen molar-refractivity contribution in [2.75, 3.05) is 34.9 Å². The van der Waals surface area contributed by atoms with Crippen molar-refractivity contribution in [3.63, 3.8) is 0 Å². The number of nitrogens with one attached hydrogen (secondary N) is 3. The second kappa shape index (κ2) is 12.7. The number of aromatic amines is 1. The molecule has 32 heavy (non-hydrogen) atoms. The zero-order valence-electron chi connectivity index (χ0n) is 18.6. The lowest BCUT2D eigenvalue weighted by atomic mass is 10.1. The molecule has 1 aromatic heterocycles. The molecule has 0 radical (unpaired) electrons. The molecule has 0 aliphatic heterocycles. The first kappa shape index (κ1) is 25.2. The van der Waals surface area contributed by atoms with Gasteiger partial charge in [0.15, 0.2) is 23.3 Å². The standard InChI is InChI=1S/C22H28N6O3.HI/c1-23-22(24-12-11-15-5-10-18(30-3)19(13-15)31-4)25-14-20-26-21(28-27-20)16-6-8-17(29-2)9-7-16;/h5-10,13H,11-12,14H2,1-4H3,(H2,23,24,25)(H,26,27,28);1H. The average molecular weight is 552 g/mol. The Bertz CT molecular complexity index is 1010. The van der Waals surface area contributed by atoms with E-state index in [1.54, 1.807) is 28.4 Å². The first-order valence-corrected chi connectivity index (χ1v) is 9.88. The highest BCUT2D eigenvalue weighted by Crippen LogP contribution is 2.27. The van der Waals surface area contributed by atoms with Crippen LogP contribution >= 0.6 is 24.0 Å². The third-order valence-corrected chi connectivity index (χ3v) is 4.68. The van der Waals surface area contributed by atoms with E-state index in [2.05, 4.69) is 30.8 Å². The molecule has 3 aromatic rings. The van der Waals surface area contributed by atoms with Gasteiger partial charge in [-0.25, -0.2) is 4.98 Å². The molecule has 10 heteroatoms. The maximum absolute atomic E-state index is 5.35. The number of benzene rings is 2. The van der Waals surface area contributed by atoms with Crippen LogP contribution in [-0.2, 0) is 13.0 Å². The number of hydrogen-bond acceptors (Lipinski definition) is 6. The van der Waals surface area contributed by atoms with Gasteiger partial charge in [0.25, 0.3) is 0 Å². The average Bonchev–Trinajstić information content (AvgIpc) is 3.30. The van der Waals surface area contributed by atoms with Gasteiger partial charge in [-0.15, -0.1) is 24.0 Å². The summed E-state index contributed by atoms with van der Waals surface area (Å²) in [6.45, 7) is 1.18. The number of halogens is 1. The third kappa shape index (κ3) is 6.74. The SMILES string of the molecule is CN=C(NCCc1ccc(OC)c(OC)c1)NCc1nc(-c2ccc(OC)cc2)n[nH]1.I. The van der Waals surface area contributed by atoms with E-state index in [0.717, 1.165) is 34.8 Å². The molecular formula is C22H29IN6O3. The lowest BCUT2D eigenvalue weighted by Crippen LogP contribution is -2.38. The maximum atomic E-state index is 5.35. The van der Waals surface area contributed by atoms with E-state index in [4.69, 9.17) is 14.2 Å². The fourth-order valence-electron chi connectivity index (χ4n) is 2.99. The van der Waals surface area contributed by atoms with Crippen LogP contribution in [0, 0.1) is 0 Å². The van der Waals surface area contributed by atoms with Crippen LogP contribution in [0.3, 0.4) is 0 Å². The van der Waals surface area contributed by atoms with Gasteiger partial charge in [-0.1, -0.05) is 6.07 Å².